The first kappa shape index (κ1) is 25.3. The number of carbonyl (C=O) groups is 1. The molecule has 4 rings (SSSR count). The first-order chi connectivity index (χ1) is 16.3. The predicted octanol–water partition coefficient (Wildman–Crippen LogP) is 7.34. The van der Waals surface area contributed by atoms with Crippen molar-refractivity contribution in [3.63, 3.8) is 0 Å². The van der Waals surface area contributed by atoms with Gasteiger partial charge in [-0.15, -0.1) is 0 Å². The van der Waals surface area contributed by atoms with Gasteiger partial charge < -0.3 is 14.8 Å². The van der Waals surface area contributed by atoms with Crippen LogP contribution in [0.1, 0.15) is 16.7 Å². The molecule has 1 aliphatic heterocycles. The molecule has 3 aromatic carbocycles. The van der Waals surface area contributed by atoms with Crippen molar-refractivity contribution in [2.45, 2.75) is 13.5 Å². The minimum absolute atomic E-state index is 0.198. The van der Waals surface area contributed by atoms with Crippen molar-refractivity contribution < 1.29 is 14.3 Å². The second-order valence-corrected chi connectivity index (χ2v) is 11.2. The van der Waals surface area contributed by atoms with E-state index < -0.39 is 0 Å². The summed E-state index contributed by atoms with van der Waals surface area (Å²) in [7, 11) is 1.61. The molecule has 1 aliphatic rings. The lowest BCUT2D eigenvalue weighted by Gasteiger charge is -2.14. The van der Waals surface area contributed by atoms with Crippen molar-refractivity contribution in [1.82, 2.24) is 5.32 Å². The van der Waals surface area contributed by atoms with Gasteiger partial charge in [-0.25, -0.2) is 4.99 Å². The quantitative estimate of drug-likeness (QED) is 0.215. The lowest BCUT2D eigenvalue weighted by atomic mass is 10.2. The Kier molecular flexibility index (Phi) is 8.43. The number of carbonyl (C=O) groups excluding carboxylic acids is 1. The molecule has 1 heterocycles. The number of hydrogen-bond acceptors (Lipinski definition) is 5. The van der Waals surface area contributed by atoms with Crippen LogP contribution in [0.5, 0.6) is 11.5 Å². The number of nitrogens with zero attached hydrogens (tertiary/aromatic N) is 1. The number of halogens is 3. The molecule has 1 saturated heterocycles. The number of hydrogen-bond donors (Lipinski definition) is 1. The Labute approximate surface area is 234 Å². The molecular formula is C25H19ClI2N2O3S. The number of aliphatic imine (C=N–C) groups is 1. The Morgan fingerprint density at radius 3 is 2.65 bits per heavy atom. The maximum Gasteiger partial charge on any atom is 0.264 e. The van der Waals surface area contributed by atoms with E-state index in [1.807, 2.05) is 67.6 Å². The van der Waals surface area contributed by atoms with E-state index >= 15 is 0 Å². The molecule has 0 saturated carbocycles. The summed E-state index contributed by atoms with van der Waals surface area (Å²) in [6.45, 7) is 2.33. The summed E-state index contributed by atoms with van der Waals surface area (Å²) in [5.41, 5.74) is 3.50. The Morgan fingerprint density at radius 1 is 1.15 bits per heavy atom. The maximum atomic E-state index is 12.6. The van der Waals surface area contributed by atoms with Crippen LogP contribution >= 0.6 is 68.5 Å². The van der Waals surface area contributed by atoms with Gasteiger partial charge in [0.25, 0.3) is 5.91 Å². The summed E-state index contributed by atoms with van der Waals surface area (Å²) < 4.78 is 13.7. The van der Waals surface area contributed by atoms with Crippen LogP contribution in [-0.2, 0) is 11.4 Å². The molecule has 0 spiro atoms. The molecule has 3 aromatic rings. The van der Waals surface area contributed by atoms with Gasteiger partial charge in [-0.1, -0.05) is 29.8 Å². The van der Waals surface area contributed by atoms with Gasteiger partial charge in [-0.3, -0.25) is 4.79 Å². The molecule has 34 heavy (non-hydrogen) atoms. The van der Waals surface area contributed by atoms with Gasteiger partial charge in [0.1, 0.15) is 6.61 Å². The number of rotatable bonds is 6. The van der Waals surface area contributed by atoms with E-state index in [2.05, 4.69) is 55.5 Å². The van der Waals surface area contributed by atoms with Crippen LogP contribution in [0.15, 0.2) is 64.5 Å². The van der Waals surface area contributed by atoms with E-state index in [-0.39, 0.29) is 5.91 Å². The summed E-state index contributed by atoms with van der Waals surface area (Å²) >= 11 is 12.0. The van der Waals surface area contributed by atoms with Gasteiger partial charge in [-0.05, 0) is 123 Å². The Hall–Kier alpha value is -1.76. The Balaban J connectivity index is 1.54. The molecule has 0 bridgehead atoms. The second-order valence-electron chi connectivity index (χ2n) is 7.31. The van der Waals surface area contributed by atoms with Gasteiger partial charge in [-0.2, -0.15) is 0 Å². The zero-order valence-electron chi connectivity index (χ0n) is 18.2. The minimum Gasteiger partial charge on any atom is -0.493 e. The molecule has 0 atom stereocenters. The molecule has 1 N–H and O–H groups in total. The van der Waals surface area contributed by atoms with Crippen molar-refractivity contribution in [1.29, 1.82) is 0 Å². The summed E-state index contributed by atoms with van der Waals surface area (Å²) in [4.78, 5) is 17.7. The fraction of sp³-hybridized carbons (Fsp3) is 0.120. The SMILES string of the molecule is COc1cc(/C=C2/SC(=Nc3cccc(Cl)c3C)NC2=O)cc(I)c1OCc1ccc(I)cc1. The maximum absolute atomic E-state index is 12.6. The zero-order chi connectivity index (χ0) is 24.2. The summed E-state index contributed by atoms with van der Waals surface area (Å²) in [6.07, 6.45) is 1.82. The highest BCUT2D eigenvalue weighted by Gasteiger charge is 2.24. The summed E-state index contributed by atoms with van der Waals surface area (Å²) in [6, 6.07) is 17.5. The number of amides is 1. The molecule has 5 nitrogen and oxygen atoms in total. The van der Waals surface area contributed by atoms with Crippen LogP contribution < -0.4 is 14.8 Å². The van der Waals surface area contributed by atoms with Gasteiger partial charge in [0.15, 0.2) is 16.7 Å². The van der Waals surface area contributed by atoms with Crippen molar-refractivity contribution in [3.05, 3.63) is 88.4 Å². The van der Waals surface area contributed by atoms with E-state index in [0.29, 0.717) is 33.2 Å². The fourth-order valence-electron chi connectivity index (χ4n) is 3.16. The van der Waals surface area contributed by atoms with Crippen LogP contribution in [0.25, 0.3) is 6.08 Å². The second kappa shape index (κ2) is 11.3. The lowest BCUT2D eigenvalue weighted by molar-refractivity contribution is -0.115. The normalized spacial score (nSPS) is 15.6. The largest absolute Gasteiger partial charge is 0.493 e. The Bertz CT molecular complexity index is 1310. The summed E-state index contributed by atoms with van der Waals surface area (Å²) in [5.74, 6) is 1.08. The fourth-order valence-corrected chi connectivity index (χ4v) is 5.30. The predicted molar refractivity (Wildman–Crippen MR) is 156 cm³/mol. The highest BCUT2D eigenvalue weighted by atomic mass is 127. The first-order valence-corrected chi connectivity index (χ1v) is 13.5. The van der Waals surface area contributed by atoms with Crippen LogP contribution in [0.2, 0.25) is 5.02 Å². The van der Waals surface area contributed by atoms with Gasteiger partial charge in [0.05, 0.1) is 21.3 Å². The number of thioether (sulfide) groups is 1. The monoisotopic (exact) mass is 716 g/mol. The molecule has 9 heteroatoms. The number of nitrogens with one attached hydrogen (secondary N) is 1. The van der Waals surface area contributed by atoms with Crippen LogP contribution in [-0.4, -0.2) is 18.2 Å². The van der Waals surface area contributed by atoms with Crippen molar-refractivity contribution >= 4 is 91.4 Å². The lowest BCUT2D eigenvalue weighted by Crippen LogP contribution is -2.19. The van der Waals surface area contributed by atoms with Gasteiger partial charge >= 0.3 is 0 Å². The molecule has 174 valence electrons. The van der Waals surface area contributed by atoms with E-state index in [1.165, 1.54) is 15.3 Å². The molecule has 0 radical (unpaired) electrons. The van der Waals surface area contributed by atoms with Crippen molar-refractivity contribution in [2.75, 3.05) is 7.11 Å². The molecular weight excluding hydrogens is 698 g/mol. The average Bonchev–Trinajstić information content (AvgIpc) is 3.15. The molecule has 1 amide bonds. The number of ether oxygens (including phenoxy) is 2. The Morgan fingerprint density at radius 2 is 1.91 bits per heavy atom. The first-order valence-electron chi connectivity index (χ1n) is 10.1. The van der Waals surface area contributed by atoms with Crippen LogP contribution in [0.4, 0.5) is 5.69 Å². The highest BCUT2D eigenvalue weighted by molar-refractivity contribution is 14.1. The summed E-state index contributed by atoms with van der Waals surface area (Å²) in [5, 5.41) is 3.97. The van der Waals surface area contributed by atoms with E-state index in [0.717, 1.165) is 25.9 Å². The van der Waals surface area contributed by atoms with Gasteiger partial charge in [0.2, 0.25) is 0 Å². The van der Waals surface area contributed by atoms with Crippen LogP contribution in [0.3, 0.4) is 0 Å². The average molecular weight is 717 g/mol. The number of amidine groups is 1. The molecule has 0 unspecified atom stereocenters. The van der Waals surface area contributed by atoms with E-state index in [4.69, 9.17) is 21.1 Å². The number of benzene rings is 3. The molecule has 1 fully saturated rings. The highest BCUT2D eigenvalue weighted by Crippen LogP contribution is 2.37. The topological polar surface area (TPSA) is 59.9 Å². The molecule has 0 aliphatic carbocycles. The number of methoxy groups -OCH3 is 1. The standard InChI is InChI=1S/C25H19ClI2N2O3S/c1-14-18(26)4-3-5-20(14)29-25-30-24(31)22(34-25)12-16-10-19(28)23(21(11-16)32-2)33-13-15-6-8-17(27)9-7-15/h3-12H,13H2,1-2H3,(H,29,30,31)/b22-12+. The minimum atomic E-state index is -0.198. The molecule has 0 aromatic heterocycles. The van der Waals surface area contributed by atoms with Crippen molar-refractivity contribution in [3.8, 4) is 11.5 Å². The van der Waals surface area contributed by atoms with Crippen LogP contribution in [0, 0.1) is 14.1 Å². The van der Waals surface area contributed by atoms with Gasteiger partial charge in [0, 0.05) is 8.59 Å². The zero-order valence-corrected chi connectivity index (χ0v) is 24.1. The smallest absolute Gasteiger partial charge is 0.264 e. The van der Waals surface area contributed by atoms with E-state index in [1.54, 1.807) is 7.11 Å². The third-order valence-corrected chi connectivity index (χ3v) is 7.80. The van der Waals surface area contributed by atoms with Crippen molar-refractivity contribution in [2.24, 2.45) is 4.99 Å². The third-order valence-electron chi connectivity index (χ3n) is 4.96. The third kappa shape index (κ3) is 6.07. The van der Waals surface area contributed by atoms with E-state index in [9.17, 15) is 4.79 Å².